The van der Waals surface area contributed by atoms with Gasteiger partial charge in [-0.3, -0.25) is 4.79 Å². The van der Waals surface area contributed by atoms with E-state index in [-0.39, 0.29) is 5.78 Å². The van der Waals surface area contributed by atoms with Crippen molar-refractivity contribution in [1.29, 1.82) is 0 Å². The number of benzene rings is 1. The van der Waals surface area contributed by atoms with E-state index in [1.165, 1.54) is 0 Å². The summed E-state index contributed by atoms with van der Waals surface area (Å²) >= 11 is 11.8. The van der Waals surface area contributed by atoms with Gasteiger partial charge in [-0.2, -0.15) is 0 Å². The number of thiocarbonyl (C=S) groups is 1. The number of halogens is 1. The van der Waals surface area contributed by atoms with Gasteiger partial charge in [0.2, 0.25) is 0 Å². The lowest BCUT2D eigenvalue weighted by molar-refractivity contribution is -0.131. The highest BCUT2D eigenvalue weighted by Gasteiger charge is 2.46. The largest absolute Gasteiger partial charge is 0.363 e. The predicted molar refractivity (Wildman–Crippen MR) is 90.6 cm³/mol. The zero-order valence-corrected chi connectivity index (χ0v) is 14.1. The molecule has 1 aromatic carbocycles. The summed E-state index contributed by atoms with van der Waals surface area (Å²) in [6.45, 7) is 2.72. The van der Waals surface area contributed by atoms with Gasteiger partial charge in [0.1, 0.15) is 5.54 Å². The maximum atomic E-state index is 12.8. The fourth-order valence-electron chi connectivity index (χ4n) is 3.07. The first-order valence-corrected chi connectivity index (χ1v) is 8.12. The number of likely N-dealkylation sites (N-methyl/N-ethyl adjacent to an activating group) is 1. The van der Waals surface area contributed by atoms with Gasteiger partial charge in [-0.25, -0.2) is 0 Å². The monoisotopic (exact) mass is 324 g/mol. The second-order valence-corrected chi connectivity index (χ2v) is 6.16. The van der Waals surface area contributed by atoms with Crippen LogP contribution < -0.4 is 5.32 Å². The molecule has 1 fully saturated rings. The van der Waals surface area contributed by atoms with Gasteiger partial charge in [-0.05, 0) is 44.5 Å². The van der Waals surface area contributed by atoms with Crippen LogP contribution in [0.2, 0.25) is 5.02 Å². The molecule has 1 aromatic rings. The van der Waals surface area contributed by atoms with Crippen molar-refractivity contribution in [3.63, 3.8) is 0 Å². The van der Waals surface area contributed by atoms with E-state index in [9.17, 15) is 4.79 Å². The van der Waals surface area contributed by atoms with Gasteiger partial charge in [-0.1, -0.05) is 29.8 Å². The molecule has 1 unspecified atom stereocenters. The molecule has 0 aliphatic heterocycles. The zero-order valence-electron chi connectivity index (χ0n) is 12.5. The molecule has 5 heteroatoms. The standard InChI is InChI=1S/C16H21ClN2OS/c1-3-18-15(21)19(2)16(11-7-6-10-14(16)20)12-8-4-5-9-13(12)17/h4-5,8-9H,3,6-7,10-11H2,1-2H3,(H,18,21). The lowest BCUT2D eigenvalue weighted by Gasteiger charge is -2.45. The molecule has 2 rings (SSSR count). The molecule has 3 nitrogen and oxygen atoms in total. The third-order valence-corrected chi connectivity index (χ3v) is 4.93. The van der Waals surface area contributed by atoms with E-state index in [0.29, 0.717) is 16.6 Å². The van der Waals surface area contributed by atoms with Crippen molar-refractivity contribution in [2.24, 2.45) is 0 Å². The number of ketones is 1. The third-order valence-electron chi connectivity index (χ3n) is 4.18. The molecule has 1 atom stereocenters. The van der Waals surface area contributed by atoms with Crippen LogP contribution in [0.4, 0.5) is 0 Å². The number of rotatable bonds is 3. The minimum atomic E-state index is -0.740. The van der Waals surface area contributed by atoms with E-state index in [4.69, 9.17) is 23.8 Å². The molecule has 1 saturated carbocycles. The lowest BCUT2D eigenvalue weighted by Crippen LogP contribution is -2.56. The SMILES string of the molecule is CCNC(=S)N(C)C1(c2ccccc2Cl)CCCCC1=O. The maximum absolute atomic E-state index is 12.8. The van der Waals surface area contributed by atoms with Gasteiger partial charge in [0, 0.05) is 30.6 Å². The summed E-state index contributed by atoms with van der Waals surface area (Å²) in [7, 11) is 1.89. The number of carbonyl (C=O) groups is 1. The van der Waals surface area contributed by atoms with E-state index < -0.39 is 5.54 Å². The Kier molecular flexibility index (Phi) is 5.22. The second-order valence-electron chi connectivity index (χ2n) is 5.36. The van der Waals surface area contributed by atoms with Gasteiger partial charge >= 0.3 is 0 Å². The number of nitrogens with zero attached hydrogens (tertiary/aromatic N) is 1. The van der Waals surface area contributed by atoms with Gasteiger partial charge in [0.05, 0.1) is 0 Å². The molecule has 0 heterocycles. The molecule has 0 saturated heterocycles. The fourth-order valence-corrected chi connectivity index (χ4v) is 3.66. The second kappa shape index (κ2) is 6.75. The van der Waals surface area contributed by atoms with Crippen LogP contribution in [0.1, 0.15) is 38.2 Å². The zero-order chi connectivity index (χ0) is 15.5. The minimum absolute atomic E-state index is 0.199. The summed E-state index contributed by atoms with van der Waals surface area (Å²) < 4.78 is 0. The van der Waals surface area contributed by atoms with Gasteiger partial charge in [0.25, 0.3) is 0 Å². The average Bonchev–Trinajstić information content (AvgIpc) is 2.48. The molecular formula is C16H21ClN2OS. The van der Waals surface area contributed by atoms with Gasteiger partial charge in [-0.15, -0.1) is 0 Å². The van der Waals surface area contributed by atoms with Crippen LogP contribution in [0.5, 0.6) is 0 Å². The summed E-state index contributed by atoms with van der Waals surface area (Å²) in [6.07, 6.45) is 3.25. The van der Waals surface area contributed by atoms with Crippen LogP contribution in [0.15, 0.2) is 24.3 Å². The number of hydrogen-bond donors (Lipinski definition) is 1. The van der Waals surface area contributed by atoms with Gasteiger partial charge < -0.3 is 10.2 Å². The molecule has 0 aromatic heterocycles. The molecule has 0 amide bonds. The molecule has 1 N–H and O–H groups in total. The first-order chi connectivity index (χ1) is 10.0. The van der Waals surface area contributed by atoms with E-state index in [1.807, 2.05) is 43.1 Å². The number of hydrogen-bond acceptors (Lipinski definition) is 2. The molecule has 0 radical (unpaired) electrons. The molecule has 114 valence electrons. The minimum Gasteiger partial charge on any atom is -0.363 e. The smallest absolute Gasteiger partial charge is 0.169 e. The van der Waals surface area contributed by atoms with Crippen molar-refractivity contribution >= 4 is 34.7 Å². The summed E-state index contributed by atoms with van der Waals surface area (Å²) in [4.78, 5) is 14.7. The van der Waals surface area contributed by atoms with E-state index in [1.54, 1.807) is 0 Å². The fraction of sp³-hybridized carbons (Fsp3) is 0.500. The van der Waals surface area contributed by atoms with Crippen molar-refractivity contribution in [2.45, 2.75) is 38.1 Å². The molecule has 0 spiro atoms. The Labute approximate surface area is 136 Å². The van der Waals surface area contributed by atoms with Crippen LogP contribution in [0, 0.1) is 0 Å². The highest BCUT2D eigenvalue weighted by molar-refractivity contribution is 7.80. The first-order valence-electron chi connectivity index (χ1n) is 7.34. The average molecular weight is 325 g/mol. The molecule has 1 aliphatic rings. The quantitative estimate of drug-likeness (QED) is 0.862. The summed E-state index contributed by atoms with van der Waals surface area (Å²) in [5.41, 5.74) is 0.120. The van der Waals surface area contributed by atoms with Gasteiger partial charge in [0.15, 0.2) is 10.9 Å². The molecule has 1 aliphatic carbocycles. The number of carbonyl (C=O) groups excluding carboxylic acids is 1. The Morgan fingerprint density at radius 2 is 2.14 bits per heavy atom. The highest BCUT2D eigenvalue weighted by Crippen LogP contribution is 2.42. The number of nitrogens with one attached hydrogen (secondary N) is 1. The summed E-state index contributed by atoms with van der Waals surface area (Å²) in [5, 5.41) is 4.35. The normalized spacial score (nSPS) is 22.0. The third kappa shape index (κ3) is 2.92. The van der Waals surface area contributed by atoms with E-state index >= 15 is 0 Å². The van der Waals surface area contributed by atoms with Crippen LogP contribution >= 0.6 is 23.8 Å². The Balaban J connectivity index is 2.52. The van der Waals surface area contributed by atoms with Crippen molar-refractivity contribution < 1.29 is 4.79 Å². The van der Waals surface area contributed by atoms with Crippen LogP contribution in [0.3, 0.4) is 0 Å². The summed E-state index contributed by atoms with van der Waals surface area (Å²) in [6, 6.07) is 7.59. The molecule has 21 heavy (non-hydrogen) atoms. The number of Topliss-reactive ketones (excluding diaryl/α,β-unsaturated/α-hetero) is 1. The maximum Gasteiger partial charge on any atom is 0.169 e. The van der Waals surface area contributed by atoms with Crippen LogP contribution in [-0.2, 0) is 10.3 Å². The molecule has 0 bridgehead atoms. The van der Waals surface area contributed by atoms with Crippen molar-refractivity contribution in [1.82, 2.24) is 10.2 Å². The van der Waals surface area contributed by atoms with Crippen molar-refractivity contribution in [3.05, 3.63) is 34.9 Å². The Bertz CT molecular complexity index is 549. The van der Waals surface area contributed by atoms with Crippen LogP contribution in [0.25, 0.3) is 0 Å². The van der Waals surface area contributed by atoms with E-state index in [0.717, 1.165) is 31.4 Å². The van der Waals surface area contributed by atoms with Crippen molar-refractivity contribution in [3.8, 4) is 0 Å². The van der Waals surface area contributed by atoms with Crippen LogP contribution in [-0.4, -0.2) is 29.4 Å². The molecular weight excluding hydrogens is 304 g/mol. The lowest BCUT2D eigenvalue weighted by atomic mass is 9.74. The topological polar surface area (TPSA) is 32.3 Å². The summed E-state index contributed by atoms with van der Waals surface area (Å²) in [5.74, 6) is 0.199. The Morgan fingerprint density at radius 1 is 1.43 bits per heavy atom. The Morgan fingerprint density at radius 3 is 2.76 bits per heavy atom. The van der Waals surface area contributed by atoms with Crippen molar-refractivity contribution in [2.75, 3.05) is 13.6 Å². The van der Waals surface area contributed by atoms with E-state index in [2.05, 4.69) is 5.32 Å². The predicted octanol–water partition coefficient (Wildman–Crippen LogP) is 3.50. The highest BCUT2D eigenvalue weighted by atomic mass is 35.5. The first kappa shape index (κ1) is 16.2. The Hall–Kier alpha value is -1.13.